The van der Waals surface area contributed by atoms with Crippen molar-refractivity contribution in [2.45, 2.75) is 53.5 Å². The van der Waals surface area contributed by atoms with Gasteiger partial charge in [0.1, 0.15) is 5.52 Å². The number of halogens is 1. The number of ether oxygens (including phenoxy) is 2. The standard InChI is InChI=1S/C20H25ClN6O3.CH4/c1-4-30-19(28)14-9-22-27(11-14)20-23-15-16(18(24-20)29-3)26(25-17(15)21)10-13-7-5-12(2)6-8-13;/h9,11-13H,4-8,10H2,1-3H3;1H4. The minimum atomic E-state index is -0.454. The average molecular weight is 449 g/mol. The maximum atomic E-state index is 11.9. The molecule has 0 amide bonds. The zero-order valence-electron chi connectivity index (χ0n) is 17.3. The van der Waals surface area contributed by atoms with E-state index < -0.39 is 5.97 Å². The van der Waals surface area contributed by atoms with Gasteiger partial charge in [0.2, 0.25) is 5.88 Å². The summed E-state index contributed by atoms with van der Waals surface area (Å²) in [4.78, 5) is 20.9. The summed E-state index contributed by atoms with van der Waals surface area (Å²) in [6.45, 7) is 5.09. The number of hydrogen-bond acceptors (Lipinski definition) is 7. The number of esters is 1. The van der Waals surface area contributed by atoms with Gasteiger partial charge < -0.3 is 9.47 Å². The predicted octanol–water partition coefficient (Wildman–Crippen LogP) is 4.31. The summed E-state index contributed by atoms with van der Waals surface area (Å²) >= 11 is 6.42. The molecule has 31 heavy (non-hydrogen) atoms. The van der Waals surface area contributed by atoms with Crippen LogP contribution in [0.3, 0.4) is 0 Å². The number of hydrogen-bond donors (Lipinski definition) is 0. The van der Waals surface area contributed by atoms with Gasteiger partial charge in [-0.2, -0.15) is 15.2 Å². The third-order valence-corrected chi connectivity index (χ3v) is 5.82. The highest BCUT2D eigenvalue weighted by atomic mass is 35.5. The van der Waals surface area contributed by atoms with Crippen LogP contribution in [0.2, 0.25) is 5.15 Å². The fourth-order valence-electron chi connectivity index (χ4n) is 3.89. The third-order valence-electron chi connectivity index (χ3n) is 5.56. The first-order chi connectivity index (χ1) is 14.5. The number of methoxy groups -OCH3 is 1. The van der Waals surface area contributed by atoms with Crippen molar-refractivity contribution in [2.75, 3.05) is 13.7 Å². The highest BCUT2D eigenvalue weighted by Crippen LogP contribution is 2.33. The van der Waals surface area contributed by atoms with Crippen LogP contribution in [0.4, 0.5) is 0 Å². The SMILES string of the molecule is C.CCOC(=O)c1cnn(-c2nc(OC)c3c(n2)c(Cl)nn3CC2CCC(C)CC2)c1. The molecule has 0 atom stereocenters. The normalized spacial score (nSPS) is 18.6. The molecular weight excluding hydrogens is 420 g/mol. The first kappa shape index (κ1) is 23.0. The molecule has 0 radical (unpaired) electrons. The van der Waals surface area contributed by atoms with E-state index in [0.29, 0.717) is 28.4 Å². The molecule has 0 bridgehead atoms. The van der Waals surface area contributed by atoms with Crippen LogP contribution in [-0.4, -0.2) is 49.2 Å². The summed E-state index contributed by atoms with van der Waals surface area (Å²) in [6, 6.07) is 0. The van der Waals surface area contributed by atoms with Crippen molar-refractivity contribution in [3.05, 3.63) is 23.1 Å². The summed E-state index contributed by atoms with van der Waals surface area (Å²) in [7, 11) is 1.55. The Morgan fingerprint density at radius 1 is 1.26 bits per heavy atom. The highest BCUT2D eigenvalue weighted by Gasteiger charge is 2.24. The van der Waals surface area contributed by atoms with E-state index in [4.69, 9.17) is 21.1 Å². The Morgan fingerprint density at radius 2 is 2.00 bits per heavy atom. The van der Waals surface area contributed by atoms with Gasteiger partial charge in [0.25, 0.3) is 5.95 Å². The van der Waals surface area contributed by atoms with Crippen LogP contribution < -0.4 is 4.74 Å². The summed E-state index contributed by atoms with van der Waals surface area (Å²) < 4.78 is 13.8. The fraction of sp³-hybridized carbons (Fsp3) is 0.571. The van der Waals surface area contributed by atoms with Gasteiger partial charge in [-0.05, 0) is 31.6 Å². The van der Waals surface area contributed by atoms with Crippen molar-refractivity contribution >= 4 is 28.6 Å². The van der Waals surface area contributed by atoms with Gasteiger partial charge in [0.05, 0.1) is 25.5 Å². The van der Waals surface area contributed by atoms with Crippen molar-refractivity contribution in [1.82, 2.24) is 29.5 Å². The van der Waals surface area contributed by atoms with Crippen LogP contribution in [0.15, 0.2) is 12.4 Å². The molecule has 3 aromatic heterocycles. The molecule has 0 aromatic carbocycles. The van der Waals surface area contributed by atoms with Crippen LogP contribution in [0.1, 0.15) is 57.3 Å². The monoisotopic (exact) mass is 448 g/mol. The topological polar surface area (TPSA) is 96.9 Å². The Kier molecular flexibility index (Phi) is 7.15. The highest BCUT2D eigenvalue weighted by molar-refractivity contribution is 6.33. The molecule has 3 aromatic rings. The predicted molar refractivity (Wildman–Crippen MR) is 118 cm³/mol. The number of rotatable bonds is 6. The van der Waals surface area contributed by atoms with Crippen LogP contribution in [-0.2, 0) is 11.3 Å². The molecule has 0 N–H and O–H groups in total. The molecule has 4 rings (SSSR count). The van der Waals surface area contributed by atoms with E-state index in [-0.39, 0.29) is 25.1 Å². The number of carbonyl (C=O) groups excluding carboxylic acids is 1. The maximum absolute atomic E-state index is 11.9. The molecule has 3 heterocycles. The Labute approximate surface area is 186 Å². The van der Waals surface area contributed by atoms with E-state index >= 15 is 0 Å². The van der Waals surface area contributed by atoms with Crippen molar-refractivity contribution < 1.29 is 14.3 Å². The van der Waals surface area contributed by atoms with E-state index in [1.54, 1.807) is 14.0 Å². The van der Waals surface area contributed by atoms with E-state index in [9.17, 15) is 4.79 Å². The van der Waals surface area contributed by atoms with Crippen LogP contribution in [0.25, 0.3) is 17.0 Å². The lowest BCUT2D eigenvalue weighted by atomic mass is 9.83. The average Bonchev–Trinajstić information content (AvgIpc) is 3.35. The van der Waals surface area contributed by atoms with Gasteiger partial charge in [-0.25, -0.2) is 14.5 Å². The Balaban J connectivity index is 0.00000272. The van der Waals surface area contributed by atoms with Gasteiger partial charge in [0, 0.05) is 12.7 Å². The quantitative estimate of drug-likeness (QED) is 0.518. The summed E-state index contributed by atoms with van der Waals surface area (Å²) in [6.07, 6.45) is 7.73. The van der Waals surface area contributed by atoms with Gasteiger partial charge in [-0.15, -0.1) is 0 Å². The summed E-state index contributed by atoms with van der Waals surface area (Å²) in [5.74, 6) is 1.48. The molecule has 0 saturated heterocycles. The van der Waals surface area contributed by atoms with Crippen molar-refractivity contribution in [3.63, 3.8) is 0 Å². The van der Waals surface area contributed by atoms with E-state index in [2.05, 4.69) is 27.1 Å². The van der Waals surface area contributed by atoms with Gasteiger partial charge in [-0.3, -0.25) is 4.68 Å². The van der Waals surface area contributed by atoms with Crippen molar-refractivity contribution in [3.8, 4) is 11.8 Å². The first-order valence-corrected chi connectivity index (χ1v) is 10.6. The van der Waals surface area contributed by atoms with E-state index in [0.717, 1.165) is 12.5 Å². The number of carbonyl (C=O) groups is 1. The number of aromatic nitrogens is 6. The molecule has 1 saturated carbocycles. The van der Waals surface area contributed by atoms with Crippen molar-refractivity contribution in [2.24, 2.45) is 11.8 Å². The lowest BCUT2D eigenvalue weighted by Gasteiger charge is -2.26. The van der Waals surface area contributed by atoms with Crippen LogP contribution in [0.5, 0.6) is 5.88 Å². The second kappa shape index (κ2) is 9.64. The molecule has 1 aliphatic rings. The Hall–Kier alpha value is -2.68. The van der Waals surface area contributed by atoms with Gasteiger partial charge in [-0.1, -0.05) is 38.8 Å². The minimum absolute atomic E-state index is 0. The zero-order chi connectivity index (χ0) is 21.3. The number of fused-ring (bicyclic) bond motifs is 1. The third kappa shape index (κ3) is 4.66. The van der Waals surface area contributed by atoms with E-state index in [1.807, 2.05) is 4.68 Å². The smallest absolute Gasteiger partial charge is 0.341 e. The molecule has 1 fully saturated rings. The summed E-state index contributed by atoms with van der Waals surface area (Å²) in [5, 5.41) is 8.96. The molecule has 168 valence electrons. The Bertz CT molecular complexity index is 1050. The lowest BCUT2D eigenvalue weighted by molar-refractivity contribution is 0.0526. The summed E-state index contributed by atoms with van der Waals surface area (Å²) in [5.41, 5.74) is 1.48. The zero-order valence-corrected chi connectivity index (χ0v) is 18.1. The second-order valence-electron chi connectivity index (χ2n) is 7.72. The molecule has 9 nitrogen and oxygen atoms in total. The lowest BCUT2D eigenvalue weighted by Crippen LogP contribution is -2.18. The molecule has 0 aliphatic heterocycles. The van der Waals surface area contributed by atoms with Crippen LogP contribution in [0, 0.1) is 11.8 Å². The van der Waals surface area contributed by atoms with Crippen molar-refractivity contribution in [1.29, 1.82) is 0 Å². The molecule has 0 spiro atoms. The van der Waals surface area contributed by atoms with Gasteiger partial charge in [0.15, 0.2) is 10.7 Å². The number of nitrogens with zero attached hydrogens (tertiary/aromatic N) is 6. The fourth-order valence-corrected chi connectivity index (χ4v) is 4.11. The van der Waals surface area contributed by atoms with E-state index in [1.165, 1.54) is 42.8 Å². The largest absolute Gasteiger partial charge is 0.479 e. The molecular formula is C21H29ClN6O3. The van der Waals surface area contributed by atoms with Gasteiger partial charge >= 0.3 is 5.97 Å². The molecule has 1 aliphatic carbocycles. The second-order valence-corrected chi connectivity index (χ2v) is 8.08. The minimum Gasteiger partial charge on any atom is -0.479 e. The first-order valence-electron chi connectivity index (χ1n) is 10.2. The van der Waals surface area contributed by atoms with Crippen LogP contribution >= 0.6 is 11.6 Å². The molecule has 0 unspecified atom stereocenters. The maximum Gasteiger partial charge on any atom is 0.341 e. The Morgan fingerprint density at radius 3 is 2.68 bits per heavy atom. The molecule has 10 heteroatoms.